The molecule has 2 heterocycles. The summed E-state index contributed by atoms with van der Waals surface area (Å²) in [5.41, 5.74) is 2.25. The monoisotopic (exact) mass is 356 g/mol. The number of nitrogens with zero attached hydrogens (tertiary/aromatic N) is 3. The first-order chi connectivity index (χ1) is 8.54. The second-order valence-corrected chi connectivity index (χ2v) is 5.86. The molecule has 0 aromatic carbocycles. The van der Waals surface area contributed by atoms with E-state index in [0.29, 0.717) is 6.04 Å². The normalized spacial score (nSPS) is 11.2. The first kappa shape index (κ1) is 13.5. The number of hydrogen-bond acceptors (Lipinski definition) is 3. The molecule has 96 valence electrons. The number of nitrogens with one attached hydrogen (secondary N) is 1. The molecule has 5 heteroatoms. The van der Waals surface area contributed by atoms with Gasteiger partial charge < -0.3 is 5.32 Å². The number of halogens is 1. The quantitative estimate of drug-likeness (QED) is 0.857. The van der Waals surface area contributed by atoms with Crippen LogP contribution in [0.1, 0.15) is 25.1 Å². The van der Waals surface area contributed by atoms with E-state index in [1.165, 1.54) is 5.56 Å². The van der Waals surface area contributed by atoms with E-state index >= 15 is 0 Å². The fourth-order valence-electron chi connectivity index (χ4n) is 1.69. The maximum atomic E-state index is 4.51. The number of rotatable bonds is 4. The number of pyridine rings is 1. The van der Waals surface area contributed by atoms with Crippen LogP contribution in [0.4, 0.5) is 0 Å². The molecule has 0 amide bonds. The first-order valence-electron chi connectivity index (χ1n) is 5.96. The third kappa shape index (κ3) is 3.52. The molecule has 2 aromatic heterocycles. The number of hydrogen-bond donors (Lipinski definition) is 1. The summed E-state index contributed by atoms with van der Waals surface area (Å²) in [7, 11) is 0. The molecule has 0 fully saturated rings. The average Bonchev–Trinajstić information content (AvgIpc) is 2.72. The maximum Gasteiger partial charge on any atom is 0.153 e. The minimum atomic E-state index is 0.479. The summed E-state index contributed by atoms with van der Waals surface area (Å²) in [4.78, 5) is 4.51. The van der Waals surface area contributed by atoms with E-state index in [0.717, 1.165) is 21.6 Å². The molecule has 2 aromatic rings. The van der Waals surface area contributed by atoms with Gasteiger partial charge in [0, 0.05) is 24.5 Å². The summed E-state index contributed by atoms with van der Waals surface area (Å²) in [6, 6.07) is 4.66. The SMILES string of the molecule is Cc1cc(CNC(C)C)cc(-n2cc(I)cn2)n1. The highest BCUT2D eigenvalue weighted by Gasteiger charge is 2.04. The van der Waals surface area contributed by atoms with Crippen molar-refractivity contribution in [2.24, 2.45) is 0 Å². The van der Waals surface area contributed by atoms with Gasteiger partial charge in [0.05, 0.1) is 9.77 Å². The van der Waals surface area contributed by atoms with E-state index in [2.05, 4.69) is 64.0 Å². The van der Waals surface area contributed by atoms with Crippen molar-refractivity contribution in [2.75, 3.05) is 0 Å². The summed E-state index contributed by atoms with van der Waals surface area (Å²) >= 11 is 2.25. The van der Waals surface area contributed by atoms with E-state index in [4.69, 9.17) is 0 Å². The van der Waals surface area contributed by atoms with Crippen LogP contribution in [0.25, 0.3) is 5.82 Å². The van der Waals surface area contributed by atoms with Crippen LogP contribution in [-0.2, 0) is 6.54 Å². The molecular formula is C13H17IN4. The molecule has 0 atom stereocenters. The molecule has 0 bridgehead atoms. The lowest BCUT2D eigenvalue weighted by Gasteiger charge is -2.10. The van der Waals surface area contributed by atoms with Gasteiger partial charge in [0.1, 0.15) is 0 Å². The Labute approximate surface area is 121 Å². The van der Waals surface area contributed by atoms with Crippen LogP contribution >= 0.6 is 22.6 Å². The Morgan fingerprint density at radius 2 is 2.17 bits per heavy atom. The predicted molar refractivity (Wildman–Crippen MR) is 80.8 cm³/mol. The summed E-state index contributed by atoms with van der Waals surface area (Å²) in [6.07, 6.45) is 3.80. The van der Waals surface area contributed by atoms with Crippen molar-refractivity contribution in [1.29, 1.82) is 0 Å². The van der Waals surface area contributed by atoms with Crippen LogP contribution in [0.2, 0.25) is 0 Å². The van der Waals surface area contributed by atoms with Gasteiger partial charge in [0.2, 0.25) is 0 Å². The van der Waals surface area contributed by atoms with E-state index in [9.17, 15) is 0 Å². The highest BCUT2D eigenvalue weighted by atomic mass is 127. The van der Waals surface area contributed by atoms with Crippen LogP contribution < -0.4 is 5.32 Å². The number of aryl methyl sites for hydroxylation is 1. The van der Waals surface area contributed by atoms with Crippen LogP contribution in [0.3, 0.4) is 0 Å². The maximum absolute atomic E-state index is 4.51. The summed E-state index contributed by atoms with van der Waals surface area (Å²) in [6.45, 7) is 7.15. The van der Waals surface area contributed by atoms with Crippen LogP contribution in [-0.4, -0.2) is 20.8 Å². The third-order valence-corrected chi connectivity index (χ3v) is 3.06. The highest BCUT2D eigenvalue weighted by molar-refractivity contribution is 14.1. The van der Waals surface area contributed by atoms with Gasteiger partial charge in [-0.25, -0.2) is 9.67 Å². The summed E-state index contributed by atoms with van der Waals surface area (Å²) in [5, 5.41) is 7.70. The molecule has 0 aliphatic carbocycles. The second-order valence-electron chi connectivity index (χ2n) is 4.61. The van der Waals surface area contributed by atoms with Crippen molar-refractivity contribution >= 4 is 22.6 Å². The molecule has 2 rings (SSSR count). The lowest BCUT2D eigenvalue weighted by Crippen LogP contribution is -2.22. The highest BCUT2D eigenvalue weighted by Crippen LogP contribution is 2.11. The van der Waals surface area contributed by atoms with Crippen LogP contribution in [0.15, 0.2) is 24.5 Å². The Hall–Kier alpha value is -0.950. The van der Waals surface area contributed by atoms with E-state index in [1.807, 2.05) is 24.0 Å². The molecule has 0 aliphatic heterocycles. The van der Waals surface area contributed by atoms with E-state index < -0.39 is 0 Å². The van der Waals surface area contributed by atoms with Crippen molar-refractivity contribution in [3.63, 3.8) is 0 Å². The average molecular weight is 356 g/mol. The second kappa shape index (κ2) is 5.79. The Kier molecular flexibility index (Phi) is 4.34. The molecule has 1 N–H and O–H groups in total. The lowest BCUT2D eigenvalue weighted by atomic mass is 10.2. The van der Waals surface area contributed by atoms with Crippen molar-refractivity contribution in [3.05, 3.63) is 39.4 Å². The van der Waals surface area contributed by atoms with Gasteiger partial charge in [-0.15, -0.1) is 0 Å². The minimum absolute atomic E-state index is 0.479. The Morgan fingerprint density at radius 1 is 1.39 bits per heavy atom. The van der Waals surface area contributed by atoms with Gasteiger partial charge in [0.15, 0.2) is 5.82 Å². The molecule has 4 nitrogen and oxygen atoms in total. The van der Waals surface area contributed by atoms with Gasteiger partial charge in [-0.2, -0.15) is 5.10 Å². The van der Waals surface area contributed by atoms with E-state index in [1.54, 1.807) is 0 Å². The Balaban J connectivity index is 2.26. The van der Waals surface area contributed by atoms with Crippen molar-refractivity contribution in [1.82, 2.24) is 20.1 Å². The number of aromatic nitrogens is 3. The topological polar surface area (TPSA) is 42.7 Å². The standard InChI is InChI=1S/C13H17IN4/c1-9(2)15-6-11-4-10(3)17-13(5-11)18-8-12(14)7-16-18/h4-5,7-9,15H,6H2,1-3H3. The lowest BCUT2D eigenvalue weighted by molar-refractivity contribution is 0.588. The zero-order valence-electron chi connectivity index (χ0n) is 10.8. The predicted octanol–water partition coefficient (Wildman–Crippen LogP) is 2.68. The van der Waals surface area contributed by atoms with Gasteiger partial charge in [-0.05, 0) is 47.2 Å². The van der Waals surface area contributed by atoms with Gasteiger partial charge in [-0.1, -0.05) is 13.8 Å². The van der Waals surface area contributed by atoms with Gasteiger partial charge in [-0.3, -0.25) is 0 Å². The summed E-state index contributed by atoms with van der Waals surface area (Å²) < 4.78 is 2.92. The van der Waals surface area contributed by atoms with Crippen molar-refractivity contribution < 1.29 is 0 Å². The van der Waals surface area contributed by atoms with Crippen molar-refractivity contribution in [3.8, 4) is 5.82 Å². The molecule has 0 radical (unpaired) electrons. The molecule has 0 aliphatic rings. The zero-order valence-corrected chi connectivity index (χ0v) is 13.0. The molecule has 0 saturated heterocycles. The molecular weight excluding hydrogens is 339 g/mol. The van der Waals surface area contributed by atoms with Crippen LogP contribution in [0.5, 0.6) is 0 Å². The minimum Gasteiger partial charge on any atom is -0.310 e. The zero-order chi connectivity index (χ0) is 13.1. The molecule has 18 heavy (non-hydrogen) atoms. The molecule has 0 spiro atoms. The fourth-order valence-corrected chi connectivity index (χ4v) is 2.08. The Bertz CT molecular complexity index is 534. The molecule has 0 unspecified atom stereocenters. The fraction of sp³-hybridized carbons (Fsp3) is 0.385. The first-order valence-corrected chi connectivity index (χ1v) is 7.04. The Morgan fingerprint density at radius 3 is 2.78 bits per heavy atom. The molecule has 0 saturated carbocycles. The third-order valence-electron chi connectivity index (χ3n) is 2.50. The van der Waals surface area contributed by atoms with E-state index in [-0.39, 0.29) is 0 Å². The summed E-state index contributed by atoms with van der Waals surface area (Å²) in [5.74, 6) is 0.874. The largest absolute Gasteiger partial charge is 0.310 e. The van der Waals surface area contributed by atoms with Gasteiger partial charge in [0.25, 0.3) is 0 Å². The van der Waals surface area contributed by atoms with Crippen LogP contribution in [0, 0.1) is 10.5 Å². The van der Waals surface area contributed by atoms with Gasteiger partial charge >= 0.3 is 0 Å². The smallest absolute Gasteiger partial charge is 0.153 e. The van der Waals surface area contributed by atoms with Crippen molar-refractivity contribution in [2.45, 2.75) is 33.4 Å².